The molecule has 0 saturated heterocycles. The third-order valence-electron chi connectivity index (χ3n) is 5.12. The lowest BCUT2D eigenvalue weighted by Crippen LogP contribution is -2.33. The lowest BCUT2D eigenvalue weighted by molar-refractivity contribution is -0.133. The summed E-state index contributed by atoms with van der Waals surface area (Å²) in [5.41, 5.74) is 1.46. The van der Waals surface area contributed by atoms with Crippen molar-refractivity contribution in [3.05, 3.63) is 27.2 Å². The zero-order valence-corrected chi connectivity index (χ0v) is 16.6. The van der Waals surface area contributed by atoms with Gasteiger partial charge in [-0.1, -0.05) is 0 Å². The van der Waals surface area contributed by atoms with Crippen molar-refractivity contribution < 1.29 is 29.0 Å². The Bertz CT molecular complexity index is 885. The SMILES string of the molecule is COC(=O)c1c(NC(=O)C2=C(C(=O)O)CCCC2)sc2c1CCN(C(C)=O)C2. The second-order valence-corrected chi connectivity index (χ2v) is 7.92. The van der Waals surface area contributed by atoms with E-state index in [9.17, 15) is 24.3 Å². The number of methoxy groups -OCH3 is 1. The van der Waals surface area contributed by atoms with E-state index in [-0.39, 0.29) is 17.1 Å². The summed E-state index contributed by atoms with van der Waals surface area (Å²) in [5.74, 6) is -2.19. The van der Waals surface area contributed by atoms with Crippen LogP contribution >= 0.6 is 11.3 Å². The zero-order valence-electron chi connectivity index (χ0n) is 15.8. The van der Waals surface area contributed by atoms with Crippen LogP contribution in [0.4, 0.5) is 5.00 Å². The standard InChI is InChI=1S/C19H22N2O6S/c1-10(22)21-8-7-13-14(9-21)28-17(15(13)19(26)27-2)20-16(23)11-5-3-4-6-12(11)18(24)25/h3-9H2,1-2H3,(H,20,23)(H,24,25). The fourth-order valence-corrected chi connectivity index (χ4v) is 4.90. The average molecular weight is 406 g/mol. The number of carboxylic acid groups (broad SMARTS) is 1. The molecule has 9 heteroatoms. The molecular formula is C19H22N2O6S. The molecule has 2 amide bonds. The second kappa shape index (κ2) is 8.14. The number of anilines is 1. The van der Waals surface area contributed by atoms with E-state index in [4.69, 9.17) is 4.74 Å². The molecule has 0 spiro atoms. The van der Waals surface area contributed by atoms with Crippen molar-refractivity contribution in [1.29, 1.82) is 0 Å². The number of carbonyl (C=O) groups excluding carboxylic acids is 3. The van der Waals surface area contributed by atoms with Gasteiger partial charge in [-0.25, -0.2) is 9.59 Å². The van der Waals surface area contributed by atoms with Gasteiger partial charge in [0.1, 0.15) is 5.00 Å². The average Bonchev–Trinajstić information content (AvgIpc) is 3.04. The maximum absolute atomic E-state index is 12.8. The number of hydrogen-bond acceptors (Lipinski definition) is 6. The Kier molecular flexibility index (Phi) is 5.83. The molecule has 0 fully saturated rings. The van der Waals surface area contributed by atoms with E-state index in [0.29, 0.717) is 42.9 Å². The summed E-state index contributed by atoms with van der Waals surface area (Å²) in [5, 5.41) is 12.4. The topological polar surface area (TPSA) is 113 Å². The van der Waals surface area contributed by atoms with Crippen LogP contribution in [0.1, 0.15) is 53.4 Å². The summed E-state index contributed by atoms with van der Waals surface area (Å²) in [6.07, 6.45) is 2.73. The first-order valence-corrected chi connectivity index (χ1v) is 9.90. The van der Waals surface area contributed by atoms with Gasteiger partial charge in [-0.15, -0.1) is 11.3 Å². The molecule has 150 valence electrons. The Morgan fingerprint density at radius 2 is 1.79 bits per heavy atom. The highest BCUT2D eigenvalue weighted by Crippen LogP contribution is 2.38. The highest BCUT2D eigenvalue weighted by Gasteiger charge is 2.31. The number of amides is 2. The number of hydrogen-bond donors (Lipinski definition) is 2. The Labute approximate surface area is 166 Å². The Morgan fingerprint density at radius 3 is 2.39 bits per heavy atom. The fourth-order valence-electron chi connectivity index (χ4n) is 3.65. The molecule has 0 radical (unpaired) electrons. The van der Waals surface area contributed by atoms with E-state index in [0.717, 1.165) is 23.3 Å². The largest absolute Gasteiger partial charge is 0.478 e. The van der Waals surface area contributed by atoms with E-state index in [2.05, 4.69) is 5.32 Å². The van der Waals surface area contributed by atoms with Crippen LogP contribution in [-0.4, -0.2) is 47.4 Å². The third kappa shape index (κ3) is 3.80. The van der Waals surface area contributed by atoms with Crippen LogP contribution in [0, 0.1) is 0 Å². The van der Waals surface area contributed by atoms with E-state index >= 15 is 0 Å². The number of ether oxygens (including phenoxy) is 1. The molecule has 1 aliphatic heterocycles. The molecule has 2 aliphatic rings. The molecule has 8 nitrogen and oxygen atoms in total. The first kappa shape index (κ1) is 20.1. The third-order valence-corrected chi connectivity index (χ3v) is 6.25. The van der Waals surface area contributed by atoms with E-state index < -0.39 is 17.8 Å². The highest BCUT2D eigenvalue weighted by atomic mass is 32.1. The number of rotatable bonds is 4. The van der Waals surface area contributed by atoms with Crippen molar-refractivity contribution >= 4 is 40.1 Å². The van der Waals surface area contributed by atoms with Crippen molar-refractivity contribution in [1.82, 2.24) is 4.90 Å². The van der Waals surface area contributed by atoms with Gasteiger partial charge in [-0.2, -0.15) is 0 Å². The monoisotopic (exact) mass is 406 g/mol. The van der Waals surface area contributed by atoms with Crippen LogP contribution in [0.5, 0.6) is 0 Å². The number of carbonyl (C=O) groups is 4. The number of fused-ring (bicyclic) bond motifs is 1. The number of carboxylic acids is 1. The summed E-state index contributed by atoms with van der Waals surface area (Å²) in [6.45, 7) is 2.36. The van der Waals surface area contributed by atoms with Crippen LogP contribution in [0.25, 0.3) is 0 Å². The van der Waals surface area contributed by atoms with Crippen LogP contribution in [-0.2, 0) is 32.1 Å². The maximum atomic E-state index is 12.8. The van der Waals surface area contributed by atoms with Crippen LogP contribution in [0.3, 0.4) is 0 Å². The predicted octanol–water partition coefficient (Wildman–Crippen LogP) is 2.33. The molecule has 1 aromatic rings. The number of nitrogens with one attached hydrogen (secondary N) is 1. The van der Waals surface area contributed by atoms with Crippen LogP contribution < -0.4 is 5.32 Å². The molecule has 0 aromatic carbocycles. The lowest BCUT2D eigenvalue weighted by atomic mass is 9.91. The quantitative estimate of drug-likeness (QED) is 0.742. The lowest BCUT2D eigenvalue weighted by Gasteiger charge is -2.25. The Balaban J connectivity index is 1.95. The summed E-state index contributed by atoms with van der Waals surface area (Å²) in [4.78, 5) is 50.8. The molecule has 0 saturated carbocycles. The van der Waals surface area contributed by atoms with Crippen molar-refractivity contribution in [3.8, 4) is 0 Å². The number of thiophene rings is 1. The van der Waals surface area contributed by atoms with E-state index in [1.54, 1.807) is 4.90 Å². The van der Waals surface area contributed by atoms with Gasteiger partial charge in [0.15, 0.2) is 0 Å². The molecule has 3 rings (SSSR count). The van der Waals surface area contributed by atoms with Gasteiger partial charge < -0.3 is 20.1 Å². The van der Waals surface area contributed by atoms with E-state index in [1.807, 2.05) is 0 Å². The molecule has 28 heavy (non-hydrogen) atoms. The molecule has 0 atom stereocenters. The molecule has 2 heterocycles. The molecule has 1 aromatic heterocycles. The van der Waals surface area contributed by atoms with Gasteiger partial charge in [-0.3, -0.25) is 9.59 Å². The number of esters is 1. The van der Waals surface area contributed by atoms with Crippen molar-refractivity contribution in [2.75, 3.05) is 19.0 Å². The van der Waals surface area contributed by atoms with Crippen LogP contribution in [0.2, 0.25) is 0 Å². The highest BCUT2D eigenvalue weighted by molar-refractivity contribution is 7.17. The van der Waals surface area contributed by atoms with Gasteiger partial charge in [0.2, 0.25) is 5.91 Å². The minimum atomic E-state index is -1.08. The number of aliphatic carboxylic acids is 1. The summed E-state index contributed by atoms with van der Waals surface area (Å²) < 4.78 is 4.89. The summed E-state index contributed by atoms with van der Waals surface area (Å²) in [7, 11) is 1.27. The summed E-state index contributed by atoms with van der Waals surface area (Å²) >= 11 is 1.23. The summed E-state index contributed by atoms with van der Waals surface area (Å²) in [6, 6.07) is 0. The van der Waals surface area contributed by atoms with Crippen LogP contribution in [0.15, 0.2) is 11.1 Å². The zero-order chi connectivity index (χ0) is 20.4. The smallest absolute Gasteiger partial charge is 0.341 e. The molecule has 1 aliphatic carbocycles. The molecule has 0 bridgehead atoms. The van der Waals surface area contributed by atoms with Crippen molar-refractivity contribution in [3.63, 3.8) is 0 Å². The first-order valence-electron chi connectivity index (χ1n) is 9.08. The Morgan fingerprint density at radius 1 is 1.11 bits per heavy atom. The molecule has 2 N–H and O–H groups in total. The van der Waals surface area contributed by atoms with Crippen molar-refractivity contribution in [2.45, 2.75) is 45.6 Å². The predicted molar refractivity (Wildman–Crippen MR) is 102 cm³/mol. The maximum Gasteiger partial charge on any atom is 0.341 e. The minimum Gasteiger partial charge on any atom is -0.478 e. The Hall–Kier alpha value is -2.68. The van der Waals surface area contributed by atoms with Crippen molar-refractivity contribution in [2.24, 2.45) is 0 Å². The first-order chi connectivity index (χ1) is 13.3. The fraction of sp³-hybridized carbons (Fsp3) is 0.474. The normalized spacial score (nSPS) is 16.4. The van der Waals surface area contributed by atoms with Gasteiger partial charge in [0.05, 0.1) is 19.2 Å². The second-order valence-electron chi connectivity index (χ2n) is 6.81. The van der Waals surface area contributed by atoms with Gasteiger partial charge in [0.25, 0.3) is 5.91 Å². The molecular weight excluding hydrogens is 384 g/mol. The minimum absolute atomic E-state index is 0.0530. The van der Waals surface area contributed by atoms with Gasteiger partial charge in [-0.05, 0) is 37.7 Å². The number of nitrogens with zero attached hydrogens (tertiary/aromatic N) is 1. The van der Waals surface area contributed by atoms with E-state index in [1.165, 1.54) is 25.4 Å². The molecule has 0 unspecified atom stereocenters. The van der Waals surface area contributed by atoms with Gasteiger partial charge >= 0.3 is 11.9 Å². The van der Waals surface area contributed by atoms with Gasteiger partial charge in [0, 0.05) is 29.5 Å².